The number of carbonyl (C=O) groups is 2. The Morgan fingerprint density at radius 1 is 0.957 bits per heavy atom. The minimum atomic E-state index is -4.11. The summed E-state index contributed by atoms with van der Waals surface area (Å²) in [5.74, 6) is -3.23. The number of sulfone groups is 1. The summed E-state index contributed by atoms with van der Waals surface area (Å²) in [6.45, 7) is 8.93. The van der Waals surface area contributed by atoms with Crippen LogP contribution in [0.5, 0.6) is 0 Å². The van der Waals surface area contributed by atoms with E-state index in [2.05, 4.69) is 0 Å². The fraction of sp³-hybridized carbons (Fsp3) is 0.429. The summed E-state index contributed by atoms with van der Waals surface area (Å²) < 4.78 is 62.1. The molecular weight excluding hydrogens is 682 g/mol. The molecule has 0 saturated carbocycles. The smallest absolute Gasteiger partial charge is 0.229 e. The molecule has 1 aliphatic heterocycles. The highest BCUT2D eigenvalue weighted by Crippen LogP contribution is 2.52. The first-order valence-corrected chi connectivity index (χ1v) is 19.6. The van der Waals surface area contributed by atoms with E-state index >= 15 is 0 Å². The second-order valence-electron chi connectivity index (χ2n) is 13.3. The Morgan fingerprint density at radius 3 is 2.13 bits per heavy atom. The van der Waals surface area contributed by atoms with E-state index in [0.29, 0.717) is 10.0 Å². The number of hydrogen-bond donors (Lipinski definition) is 1. The predicted molar refractivity (Wildman–Crippen MR) is 186 cm³/mol. The molecule has 0 spiro atoms. The van der Waals surface area contributed by atoms with Crippen molar-refractivity contribution in [1.29, 1.82) is 4.78 Å². The van der Waals surface area contributed by atoms with Gasteiger partial charge in [-0.15, -0.1) is 0 Å². The maximum absolute atomic E-state index is 14.9. The fourth-order valence-corrected chi connectivity index (χ4v) is 9.38. The Balaban J connectivity index is 1.86. The van der Waals surface area contributed by atoms with E-state index in [1.807, 2.05) is 44.2 Å². The summed E-state index contributed by atoms with van der Waals surface area (Å²) in [6.07, 6.45) is -0.193. The standard InChI is InChI=1S/C35H41Cl2FN2O5S2/c1-22(2)32(21-46(39,43)23(3)4)40-33(24-9-11-26(36)12-10-24)31(25-7-6-8-27(37)17-25)19-35(5,34(40)42)18-29(41)20-47(44,45)30-15-13-28(38)14-16-30/h6-17,22-23,31-33,39H,18-21H2,1-5H3/t31-,32-,33-,35+,46?/m1/s1. The van der Waals surface area contributed by atoms with Crippen molar-refractivity contribution in [3.8, 4) is 0 Å². The van der Waals surface area contributed by atoms with Gasteiger partial charge in [0.15, 0.2) is 9.84 Å². The van der Waals surface area contributed by atoms with Gasteiger partial charge in [-0.2, -0.15) is 0 Å². The molecule has 0 aliphatic carbocycles. The molecule has 47 heavy (non-hydrogen) atoms. The molecular formula is C35H41Cl2FN2O5S2. The molecule has 0 aromatic heterocycles. The predicted octanol–water partition coefficient (Wildman–Crippen LogP) is 8.11. The zero-order valence-corrected chi connectivity index (χ0v) is 30.2. The first kappa shape index (κ1) is 37.0. The minimum absolute atomic E-state index is 0.0800. The molecule has 0 radical (unpaired) electrons. The number of amides is 1. The third-order valence-corrected chi connectivity index (χ3v) is 13.5. The van der Waals surface area contributed by atoms with E-state index < -0.39 is 65.6 Å². The number of carbonyl (C=O) groups excluding carboxylic acids is 2. The highest BCUT2D eigenvalue weighted by Gasteiger charge is 2.53. The van der Waals surface area contributed by atoms with Crippen LogP contribution in [0.4, 0.5) is 4.39 Å². The molecule has 7 nitrogen and oxygen atoms in total. The number of Topliss-reactive ketones (excluding diaryl/α,β-unsaturated/α-hetero) is 1. The summed E-state index contributed by atoms with van der Waals surface area (Å²) in [6, 6.07) is 17.4. The molecule has 1 unspecified atom stereocenters. The summed E-state index contributed by atoms with van der Waals surface area (Å²) in [5.41, 5.74) is 0.219. The van der Waals surface area contributed by atoms with Gasteiger partial charge < -0.3 is 4.90 Å². The van der Waals surface area contributed by atoms with Crippen molar-refractivity contribution in [3.05, 3.63) is 99.8 Å². The Morgan fingerprint density at radius 2 is 1.57 bits per heavy atom. The topological polar surface area (TPSA) is 112 Å². The minimum Gasteiger partial charge on any atom is -0.330 e. The van der Waals surface area contributed by atoms with E-state index in [1.54, 1.807) is 43.9 Å². The lowest BCUT2D eigenvalue weighted by atomic mass is 9.66. The highest BCUT2D eigenvalue weighted by atomic mass is 35.5. The van der Waals surface area contributed by atoms with Crippen molar-refractivity contribution < 1.29 is 26.6 Å². The van der Waals surface area contributed by atoms with E-state index in [0.717, 1.165) is 35.4 Å². The van der Waals surface area contributed by atoms with Crippen molar-refractivity contribution in [3.63, 3.8) is 0 Å². The van der Waals surface area contributed by atoms with Crippen molar-refractivity contribution in [2.45, 2.75) is 75.6 Å². The Kier molecular flexibility index (Phi) is 11.3. The van der Waals surface area contributed by atoms with Crippen molar-refractivity contribution >= 4 is 54.5 Å². The molecule has 5 atom stereocenters. The van der Waals surface area contributed by atoms with Crippen LogP contribution in [-0.4, -0.2) is 52.0 Å². The molecule has 0 bridgehead atoms. The average molecular weight is 724 g/mol. The number of piperidine rings is 1. The van der Waals surface area contributed by atoms with Crippen LogP contribution < -0.4 is 0 Å². The van der Waals surface area contributed by atoms with Gasteiger partial charge in [0.25, 0.3) is 0 Å². The van der Waals surface area contributed by atoms with Gasteiger partial charge in [-0.1, -0.05) is 82.1 Å². The monoisotopic (exact) mass is 722 g/mol. The summed E-state index contributed by atoms with van der Waals surface area (Å²) in [4.78, 5) is 30.0. The zero-order valence-electron chi connectivity index (χ0n) is 27.1. The van der Waals surface area contributed by atoms with Crippen LogP contribution in [0, 0.1) is 21.9 Å². The molecule has 1 fully saturated rings. The molecule has 1 N–H and O–H groups in total. The van der Waals surface area contributed by atoms with Crippen LogP contribution >= 0.6 is 23.2 Å². The first-order valence-electron chi connectivity index (χ1n) is 15.4. The molecule has 1 heterocycles. The van der Waals surface area contributed by atoms with Crippen LogP contribution in [0.15, 0.2) is 77.7 Å². The van der Waals surface area contributed by atoms with Crippen LogP contribution in [0.3, 0.4) is 0 Å². The molecule has 1 aliphatic rings. The Bertz CT molecular complexity index is 1830. The molecule has 3 aromatic rings. The quantitative estimate of drug-likeness (QED) is 0.190. The van der Waals surface area contributed by atoms with Gasteiger partial charge in [0.2, 0.25) is 5.91 Å². The third-order valence-electron chi connectivity index (χ3n) is 9.01. The summed E-state index contributed by atoms with van der Waals surface area (Å²) >= 11 is 12.7. The summed E-state index contributed by atoms with van der Waals surface area (Å²) in [7, 11) is -7.25. The van der Waals surface area contributed by atoms with E-state index in [1.165, 1.54) is 0 Å². The lowest BCUT2D eigenvalue weighted by molar-refractivity contribution is -0.157. The zero-order chi connectivity index (χ0) is 34.9. The molecule has 254 valence electrons. The number of halogens is 3. The maximum atomic E-state index is 14.9. The van der Waals surface area contributed by atoms with Gasteiger partial charge in [0, 0.05) is 43.4 Å². The van der Waals surface area contributed by atoms with Crippen molar-refractivity contribution in [1.82, 2.24) is 4.90 Å². The lowest BCUT2D eigenvalue weighted by Gasteiger charge is -2.53. The summed E-state index contributed by atoms with van der Waals surface area (Å²) in [5, 5.41) is 0.526. The second-order valence-corrected chi connectivity index (χ2v) is 18.9. The van der Waals surface area contributed by atoms with E-state index in [-0.39, 0.29) is 35.3 Å². The van der Waals surface area contributed by atoms with Crippen LogP contribution in [0.1, 0.15) is 70.5 Å². The fourth-order valence-electron chi connectivity index (χ4n) is 6.37. The van der Waals surface area contributed by atoms with Gasteiger partial charge in [-0.3, -0.25) is 14.4 Å². The lowest BCUT2D eigenvalue weighted by Crippen LogP contribution is -2.59. The van der Waals surface area contributed by atoms with Gasteiger partial charge >= 0.3 is 0 Å². The van der Waals surface area contributed by atoms with Crippen LogP contribution in [-0.2, 0) is 29.2 Å². The SMILES string of the molecule is CC(C)[C@@H](CS(=N)(=O)C(C)C)N1C(=O)[C@@](C)(CC(=O)CS(=O)(=O)c2ccc(F)cc2)C[C@H](c2cccc(Cl)c2)[C@H]1c1ccc(Cl)cc1. The Labute approximate surface area is 287 Å². The van der Waals surface area contributed by atoms with Gasteiger partial charge in [0.05, 0.1) is 22.1 Å². The number of benzene rings is 3. The van der Waals surface area contributed by atoms with Crippen LogP contribution in [0.2, 0.25) is 10.0 Å². The van der Waals surface area contributed by atoms with Crippen molar-refractivity contribution in [2.75, 3.05) is 11.5 Å². The van der Waals surface area contributed by atoms with Gasteiger partial charge in [0.1, 0.15) is 17.4 Å². The first-order chi connectivity index (χ1) is 21.8. The van der Waals surface area contributed by atoms with E-state index in [9.17, 15) is 26.6 Å². The van der Waals surface area contributed by atoms with Gasteiger partial charge in [-0.05, 0) is 72.0 Å². The molecule has 4 rings (SSSR count). The molecule has 1 saturated heterocycles. The molecule has 1 amide bonds. The number of nitrogens with one attached hydrogen (secondary N) is 1. The number of nitrogens with zero attached hydrogens (tertiary/aromatic N) is 1. The molecule has 12 heteroatoms. The normalized spacial score (nSPS) is 22.3. The third kappa shape index (κ3) is 8.45. The van der Waals surface area contributed by atoms with Gasteiger partial charge in [-0.25, -0.2) is 17.0 Å². The highest BCUT2D eigenvalue weighted by molar-refractivity contribution is 7.93. The average Bonchev–Trinajstić information content (AvgIpc) is 2.97. The van der Waals surface area contributed by atoms with Crippen LogP contribution in [0.25, 0.3) is 0 Å². The number of ketones is 1. The maximum Gasteiger partial charge on any atom is 0.229 e. The number of rotatable bonds is 12. The number of likely N-dealkylation sites (tertiary alicyclic amines) is 1. The van der Waals surface area contributed by atoms with E-state index in [4.69, 9.17) is 28.0 Å². The molecule has 3 aromatic carbocycles. The second kappa shape index (κ2) is 14.4. The van der Waals surface area contributed by atoms with Crippen molar-refractivity contribution in [2.24, 2.45) is 11.3 Å². The Hall–Kier alpha value is -2.79. The number of hydrogen-bond acceptors (Lipinski definition) is 6. The largest absolute Gasteiger partial charge is 0.330 e.